The van der Waals surface area contributed by atoms with Crippen LogP contribution < -0.4 is 0 Å². The number of halogens is 2. The van der Waals surface area contributed by atoms with Gasteiger partial charge in [0.25, 0.3) is 10.0 Å². The van der Waals surface area contributed by atoms with Gasteiger partial charge in [0.15, 0.2) is 0 Å². The van der Waals surface area contributed by atoms with E-state index in [4.69, 9.17) is 11.6 Å². The standard InChI is InChI=1S/C25H24ClFN2O2S2/c1-17-25(19-12-14-28(15-13-19)33(30,31)24-11-10-23(26)32-24)21-4-2-3-5-22(21)29(17)16-18-6-8-20(27)9-7-18/h2-11,19H,12-16H2,1H3. The number of hydrogen-bond donors (Lipinski definition) is 0. The smallest absolute Gasteiger partial charge is 0.252 e. The number of aromatic nitrogens is 1. The highest BCUT2D eigenvalue weighted by atomic mass is 35.5. The number of rotatable bonds is 5. The van der Waals surface area contributed by atoms with Gasteiger partial charge in [-0.1, -0.05) is 41.9 Å². The van der Waals surface area contributed by atoms with Crippen molar-refractivity contribution in [2.45, 2.75) is 36.4 Å². The molecule has 0 N–H and O–H groups in total. The Morgan fingerprint density at radius 3 is 2.39 bits per heavy atom. The van der Waals surface area contributed by atoms with Crippen LogP contribution in [0, 0.1) is 12.7 Å². The summed E-state index contributed by atoms with van der Waals surface area (Å²) in [4.78, 5) is 0. The zero-order chi connectivity index (χ0) is 23.2. The number of benzene rings is 2. The Labute approximate surface area is 202 Å². The van der Waals surface area contributed by atoms with E-state index in [0.29, 0.717) is 28.2 Å². The first-order valence-corrected chi connectivity index (χ1v) is 13.6. The van der Waals surface area contributed by atoms with Gasteiger partial charge in [0, 0.05) is 36.2 Å². The fraction of sp³-hybridized carbons (Fsp3) is 0.280. The molecule has 4 nitrogen and oxygen atoms in total. The molecular formula is C25H24ClFN2O2S2. The molecule has 172 valence electrons. The zero-order valence-electron chi connectivity index (χ0n) is 18.2. The molecule has 1 aliphatic heterocycles. The molecule has 3 heterocycles. The fourth-order valence-electron chi connectivity index (χ4n) is 4.90. The molecule has 33 heavy (non-hydrogen) atoms. The van der Waals surface area contributed by atoms with Crippen molar-refractivity contribution in [3.05, 3.63) is 87.6 Å². The van der Waals surface area contributed by atoms with Crippen molar-refractivity contribution in [3.63, 3.8) is 0 Å². The Kier molecular flexibility index (Phi) is 6.07. The van der Waals surface area contributed by atoms with E-state index in [9.17, 15) is 12.8 Å². The summed E-state index contributed by atoms with van der Waals surface area (Å²) in [5.41, 5.74) is 4.68. The van der Waals surface area contributed by atoms with Crippen molar-refractivity contribution in [2.24, 2.45) is 0 Å². The lowest BCUT2D eigenvalue weighted by Gasteiger charge is -2.31. The third kappa shape index (κ3) is 4.23. The van der Waals surface area contributed by atoms with Gasteiger partial charge in [0.05, 0.1) is 4.34 Å². The van der Waals surface area contributed by atoms with Crippen LogP contribution in [0.2, 0.25) is 4.34 Å². The zero-order valence-corrected chi connectivity index (χ0v) is 20.6. The van der Waals surface area contributed by atoms with Crippen molar-refractivity contribution < 1.29 is 12.8 Å². The van der Waals surface area contributed by atoms with E-state index in [1.165, 1.54) is 28.8 Å². The molecule has 4 aromatic rings. The second kappa shape index (κ2) is 8.87. The Morgan fingerprint density at radius 2 is 1.73 bits per heavy atom. The average molecular weight is 503 g/mol. The van der Waals surface area contributed by atoms with Crippen LogP contribution in [-0.2, 0) is 16.6 Å². The third-order valence-corrected chi connectivity index (χ3v) is 10.1. The van der Waals surface area contributed by atoms with Crippen molar-refractivity contribution >= 4 is 43.9 Å². The lowest BCUT2D eigenvalue weighted by molar-refractivity contribution is 0.320. The molecular weight excluding hydrogens is 479 g/mol. The summed E-state index contributed by atoms with van der Waals surface area (Å²) >= 11 is 7.07. The number of hydrogen-bond acceptors (Lipinski definition) is 3. The molecule has 1 aliphatic rings. The molecule has 1 fully saturated rings. The maximum absolute atomic E-state index is 13.4. The summed E-state index contributed by atoms with van der Waals surface area (Å²) in [5.74, 6) is 0.0443. The van der Waals surface area contributed by atoms with Crippen LogP contribution in [0.25, 0.3) is 10.9 Å². The van der Waals surface area contributed by atoms with E-state index in [0.717, 1.165) is 35.3 Å². The topological polar surface area (TPSA) is 42.3 Å². The molecule has 0 aliphatic carbocycles. The van der Waals surface area contributed by atoms with E-state index >= 15 is 0 Å². The van der Waals surface area contributed by atoms with E-state index in [2.05, 4.69) is 23.6 Å². The minimum atomic E-state index is -3.51. The van der Waals surface area contributed by atoms with Crippen LogP contribution in [-0.4, -0.2) is 30.4 Å². The number of para-hydroxylation sites is 1. The summed E-state index contributed by atoms with van der Waals surface area (Å²) in [5, 5.41) is 1.21. The summed E-state index contributed by atoms with van der Waals surface area (Å²) < 4.78 is 44.0. The molecule has 8 heteroatoms. The van der Waals surface area contributed by atoms with Crippen LogP contribution in [0.1, 0.15) is 35.6 Å². The Bertz CT molecular complexity index is 1400. The third-order valence-electron chi connectivity index (χ3n) is 6.54. The van der Waals surface area contributed by atoms with Crippen molar-refractivity contribution in [1.82, 2.24) is 8.87 Å². The molecule has 1 saturated heterocycles. The van der Waals surface area contributed by atoms with E-state index in [1.54, 1.807) is 16.4 Å². The van der Waals surface area contributed by atoms with Crippen molar-refractivity contribution in [3.8, 4) is 0 Å². The van der Waals surface area contributed by atoms with Gasteiger partial charge < -0.3 is 4.57 Å². The van der Waals surface area contributed by atoms with Gasteiger partial charge in [-0.15, -0.1) is 11.3 Å². The fourth-order valence-corrected chi connectivity index (χ4v) is 8.00. The molecule has 0 saturated carbocycles. The summed E-state index contributed by atoms with van der Waals surface area (Å²) in [7, 11) is -3.51. The summed E-state index contributed by atoms with van der Waals surface area (Å²) in [6, 6.07) is 18.2. The number of sulfonamides is 1. The lowest BCUT2D eigenvalue weighted by Crippen LogP contribution is -2.37. The predicted molar refractivity (Wildman–Crippen MR) is 132 cm³/mol. The van der Waals surface area contributed by atoms with Gasteiger partial charge in [0.2, 0.25) is 0 Å². The second-order valence-electron chi connectivity index (χ2n) is 8.47. The van der Waals surface area contributed by atoms with E-state index < -0.39 is 10.0 Å². The minimum Gasteiger partial charge on any atom is -0.340 e. The number of thiophene rings is 1. The number of piperidine rings is 1. The molecule has 2 aromatic carbocycles. The predicted octanol–water partition coefficient (Wildman–Crippen LogP) is 6.42. The first-order chi connectivity index (χ1) is 15.8. The summed E-state index contributed by atoms with van der Waals surface area (Å²) in [6.07, 6.45) is 1.54. The van der Waals surface area contributed by atoms with Crippen molar-refractivity contribution in [2.75, 3.05) is 13.1 Å². The van der Waals surface area contributed by atoms with Gasteiger partial charge in [-0.3, -0.25) is 0 Å². The molecule has 0 spiro atoms. The second-order valence-corrected chi connectivity index (χ2v) is 12.3. The van der Waals surface area contributed by atoms with Gasteiger partial charge in [-0.25, -0.2) is 12.8 Å². The number of fused-ring (bicyclic) bond motifs is 1. The van der Waals surface area contributed by atoms with Crippen molar-refractivity contribution in [1.29, 1.82) is 0 Å². The maximum Gasteiger partial charge on any atom is 0.252 e. The molecule has 0 unspecified atom stereocenters. The first-order valence-electron chi connectivity index (χ1n) is 10.9. The highest BCUT2D eigenvalue weighted by Crippen LogP contribution is 2.39. The summed E-state index contributed by atoms with van der Waals surface area (Å²) in [6.45, 7) is 3.77. The SMILES string of the molecule is Cc1c(C2CCN(S(=O)(=O)c3ccc(Cl)s3)CC2)c2ccccc2n1Cc1ccc(F)cc1. The normalized spacial score (nSPS) is 16.0. The Morgan fingerprint density at radius 1 is 1.03 bits per heavy atom. The molecule has 0 atom stereocenters. The average Bonchev–Trinajstić information content (AvgIpc) is 3.37. The Balaban J connectivity index is 1.43. The largest absolute Gasteiger partial charge is 0.340 e. The number of nitrogens with zero attached hydrogens (tertiary/aromatic N) is 2. The van der Waals surface area contributed by atoms with Crippen LogP contribution in [0.4, 0.5) is 4.39 Å². The highest BCUT2D eigenvalue weighted by molar-refractivity contribution is 7.91. The van der Waals surface area contributed by atoms with Crippen LogP contribution in [0.5, 0.6) is 0 Å². The quantitative estimate of drug-likeness (QED) is 0.316. The Hall–Kier alpha value is -2.19. The van der Waals surface area contributed by atoms with Crippen LogP contribution in [0.3, 0.4) is 0 Å². The molecule has 5 rings (SSSR count). The molecule has 0 radical (unpaired) electrons. The van der Waals surface area contributed by atoms with Crippen LogP contribution in [0.15, 0.2) is 64.9 Å². The van der Waals surface area contributed by atoms with Gasteiger partial charge in [-0.05, 0) is 67.1 Å². The van der Waals surface area contributed by atoms with E-state index in [-0.39, 0.29) is 11.7 Å². The maximum atomic E-state index is 13.4. The van der Waals surface area contributed by atoms with Crippen LogP contribution >= 0.6 is 22.9 Å². The lowest BCUT2D eigenvalue weighted by atomic mass is 9.88. The molecule has 0 bridgehead atoms. The minimum absolute atomic E-state index is 0.236. The monoisotopic (exact) mass is 502 g/mol. The highest BCUT2D eigenvalue weighted by Gasteiger charge is 2.33. The van der Waals surface area contributed by atoms with Gasteiger partial charge >= 0.3 is 0 Å². The molecule has 0 amide bonds. The molecule has 2 aromatic heterocycles. The first kappa shape index (κ1) is 22.6. The van der Waals surface area contributed by atoms with Gasteiger partial charge in [-0.2, -0.15) is 4.31 Å². The van der Waals surface area contributed by atoms with E-state index in [1.807, 2.05) is 24.3 Å². The van der Waals surface area contributed by atoms with Gasteiger partial charge in [0.1, 0.15) is 10.0 Å².